The van der Waals surface area contributed by atoms with E-state index in [0.29, 0.717) is 33.2 Å². The first kappa shape index (κ1) is 24.7. The van der Waals surface area contributed by atoms with Crippen molar-refractivity contribution in [2.45, 2.75) is 22.8 Å². The summed E-state index contributed by atoms with van der Waals surface area (Å²) in [5, 5.41) is 20.1. The van der Waals surface area contributed by atoms with E-state index >= 15 is 0 Å². The first-order valence-electron chi connectivity index (χ1n) is 10.3. The molecule has 15 heteroatoms. The van der Waals surface area contributed by atoms with E-state index < -0.39 is 11.2 Å². The van der Waals surface area contributed by atoms with Crippen LogP contribution in [0, 0.1) is 0 Å². The third kappa shape index (κ3) is 6.37. The van der Waals surface area contributed by atoms with E-state index in [1.54, 1.807) is 35.6 Å². The summed E-state index contributed by atoms with van der Waals surface area (Å²) in [4.78, 5) is 40.7. The van der Waals surface area contributed by atoms with Crippen LogP contribution in [-0.2, 0) is 11.2 Å². The molecule has 0 atom stereocenters. The molecule has 3 aromatic heterocycles. The van der Waals surface area contributed by atoms with Gasteiger partial charge in [-0.2, -0.15) is 0 Å². The highest BCUT2D eigenvalue weighted by atomic mass is 32.2. The Balaban J connectivity index is 1.57. The molecular weight excluding hydrogens is 512 g/mol. The Morgan fingerprint density at radius 3 is 2.77 bits per heavy atom. The van der Waals surface area contributed by atoms with Crippen LogP contribution in [0.25, 0.3) is 5.69 Å². The number of carbonyl (C=O) groups is 1. The highest BCUT2D eigenvalue weighted by Gasteiger charge is 2.18. The van der Waals surface area contributed by atoms with E-state index in [-0.39, 0.29) is 18.1 Å². The van der Waals surface area contributed by atoms with Gasteiger partial charge in [0.25, 0.3) is 5.56 Å². The summed E-state index contributed by atoms with van der Waals surface area (Å²) >= 11 is 4.05. The SMILES string of the molecule is CCSc1nnc(NC(=O)CSc2nnc(Cc3cc(=O)[nH]c(=O)[nH]3)n2-c2cccc(OC)c2)s1. The van der Waals surface area contributed by atoms with Crippen LogP contribution in [-0.4, -0.2) is 59.5 Å². The van der Waals surface area contributed by atoms with Crippen molar-refractivity contribution in [1.29, 1.82) is 0 Å². The van der Waals surface area contributed by atoms with Crippen molar-refractivity contribution in [3.8, 4) is 11.4 Å². The minimum absolute atomic E-state index is 0.0553. The van der Waals surface area contributed by atoms with Gasteiger partial charge >= 0.3 is 5.69 Å². The molecule has 182 valence electrons. The number of H-pyrrole nitrogens is 2. The monoisotopic (exact) mass is 532 g/mol. The Bertz CT molecular complexity index is 1420. The van der Waals surface area contributed by atoms with Crippen molar-refractivity contribution >= 4 is 45.9 Å². The van der Waals surface area contributed by atoms with Crippen LogP contribution in [0.1, 0.15) is 18.4 Å². The predicted molar refractivity (Wildman–Crippen MR) is 134 cm³/mol. The second-order valence-electron chi connectivity index (χ2n) is 6.87. The maximum Gasteiger partial charge on any atom is 0.325 e. The van der Waals surface area contributed by atoms with E-state index in [1.165, 1.54) is 29.2 Å². The standard InChI is InChI=1S/C20H20N8O4S3/c1-3-33-20-27-25-18(35-20)23-16(30)10-34-19-26-24-14(7-11-8-15(29)22-17(31)21-11)28(19)12-5-4-6-13(9-12)32-2/h4-6,8-9H,3,7,10H2,1-2H3,(H,23,25,30)(H2,21,22,29,31). The Kier molecular flexibility index (Phi) is 7.99. The molecule has 0 aliphatic carbocycles. The minimum atomic E-state index is -0.608. The second kappa shape index (κ2) is 11.3. The molecule has 4 aromatic rings. The van der Waals surface area contributed by atoms with Crippen LogP contribution in [0.2, 0.25) is 0 Å². The number of nitrogens with one attached hydrogen (secondary N) is 3. The number of benzene rings is 1. The molecule has 0 saturated carbocycles. The van der Waals surface area contributed by atoms with E-state index in [1.807, 2.05) is 19.1 Å². The highest BCUT2D eigenvalue weighted by molar-refractivity contribution is 8.01. The quantitative estimate of drug-likeness (QED) is 0.203. The lowest BCUT2D eigenvalue weighted by atomic mass is 10.2. The lowest BCUT2D eigenvalue weighted by Crippen LogP contribution is -2.23. The van der Waals surface area contributed by atoms with Gasteiger partial charge in [-0.1, -0.05) is 47.9 Å². The van der Waals surface area contributed by atoms with Crippen molar-refractivity contribution in [2.24, 2.45) is 0 Å². The van der Waals surface area contributed by atoms with Crippen LogP contribution in [0.15, 0.2) is 49.4 Å². The number of ether oxygens (including phenoxy) is 1. The maximum atomic E-state index is 12.5. The molecule has 0 radical (unpaired) electrons. The number of aromatic amines is 2. The van der Waals surface area contributed by atoms with Crippen LogP contribution in [0.5, 0.6) is 5.75 Å². The van der Waals surface area contributed by atoms with Gasteiger partial charge in [-0.15, -0.1) is 20.4 Å². The molecule has 1 amide bonds. The number of rotatable bonds is 10. The number of thioether (sulfide) groups is 2. The van der Waals surface area contributed by atoms with Gasteiger partial charge < -0.3 is 9.72 Å². The van der Waals surface area contributed by atoms with Gasteiger partial charge in [0, 0.05) is 24.2 Å². The van der Waals surface area contributed by atoms with Gasteiger partial charge in [-0.05, 0) is 17.9 Å². The van der Waals surface area contributed by atoms with Crippen molar-refractivity contribution in [1.82, 2.24) is 34.9 Å². The second-order valence-corrected chi connectivity index (χ2v) is 10.3. The number of nitrogens with zero attached hydrogens (tertiary/aromatic N) is 5. The summed E-state index contributed by atoms with van der Waals surface area (Å²) in [5.74, 6) is 1.75. The van der Waals surface area contributed by atoms with Crippen LogP contribution in [0.3, 0.4) is 0 Å². The Morgan fingerprint density at radius 2 is 2.00 bits per heavy atom. The number of aromatic nitrogens is 7. The molecule has 0 bridgehead atoms. The van der Waals surface area contributed by atoms with Gasteiger partial charge in [0.15, 0.2) is 9.50 Å². The van der Waals surface area contributed by atoms with Crippen molar-refractivity contribution in [2.75, 3.05) is 23.9 Å². The molecule has 0 aliphatic rings. The van der Waals surface area contributed by atoms with E-state index in [2.05, 4.69) is 35.7 Å². The minimum Gasteiger partial charge on any atom is -0.497 e. The number of anilines is 1. The molecule has 12 nitrogen and oxygen atoms in total. The number of methoxy groups -OCH3 is 1. The summed E-state index contributed by atoms with van der Waals surface area (Å²) in [6.07, 6.45) is 0.138. The average Bonchev–Trinajstić information content (AvgIpc) is 3.43. The molecule has 0 spiro atoms. The van der Waals surface area contributed by atoms with Crippen molar-refractivity contribution in [3.63, 3.8) is 0 Å². The normalized spacial score (nSPS) is 10.9. The largest absolute Gasteiger partial charge is 0.497 e. The van der Waals surface area contributed by atoms with E-state index in [9.17, 15) is 14.4 Å². The fraction of sp³-hybridized carbons (Fsp3) is 0.250. The van der Waals surface area contributed by atoms with Gasteiger partial charge in [0.2, 0.25) is 11.0 Å². The summed E-state index contributed by atoms with van der Waals surface area (Å²) < 4.78 is 7.87. The lowest BCUT2D eigenvalue weighted by molar-refractivity contribution is -0.113. The third-order valence-electron chi connectivity index (χ3n) is 4.43. The van der Waals surface area contributed by atoms with Gasteiger partial charge in [0.05, 0.1) is 18.6 Å². The zero-order chi connectivity index (χ0) is 24.8. The van der Waals surface area contributed by atoms with E-state index in [0.717, 1.165) is 10.1 Å². The zero-order valence-electron chi connectivity index (χ0n) is 18.6. The number of carbonyl (C=O) groups excluding carboxylic acids is 1. The van der Waals surface area contributed by atoms with Gasteiger partial charge in [0.1, 0.15) is 11.6 Å². The molecule has 35 heavy (non-hydrogen) atoms. The van der Waals surface area contributed by atoms with E-state index in [4.69, 9.17) is 4.74 Å². The molecule has 0 unspecified atom stereocenters. The van der Waals surface area contributed by atoms with Crippen molar-refractivity contribution in [3.05, 3.63) is 62.7 Å². The van der Waals surface area contributed by atoms with Crippen molar-refractivity contribution < 1.29 is 9.53 Å². The smallest absolute Gasteiger partial charge is 0.325 e. The fourth-order valence-electron chi connectivity index (χ4n) is 3.03. The molecule has 0 aliphatic heterocycles. The van der Waals surface area contributed by atoms with Gasteiger partial charge in [-0.3, -0.25) is 24.5 Å². The number of hydrogen-bond acceptors (Lipinski definition) is 11. The Morgan fingerprint density at radius 1 is 1.14 bits per heavy atom. The molecule has 1 aromatic carbocycles. The Labute approximate surface area is 211 Å². The van der Waals surface area contributed by atoms with Crippen LogP contribution >= 0.6 is 34.9 Å². The first-order valence-corrected chi connectivity index (χ1v) is 13.0. The third-order valence-corrected chi connectivity index (χ3v) is 7.21. The zero-order valence-corrected chi connectivity index (χ0v) is 21.1. The Hall–Kier alpha value is -3.43. The average molecular weight is 533 g/mol. The summed E-state index contributed by atoms with van der Waals surface area (Å²) in [6.45, 7) is 2.02. The number of hydrogen-bond donors (Lipinski definition) is 3. The topological polar surface area (TPSA) is 161 Å². The highest BCUT2D eigenvalue weighted by Crippen LogP contribution is 2.27. The molecule has 0 saturated heterocycles. The van der Waals surface area contributed by atoms with Crippen LogP contribution in [0.4, 0.5) is 5.13 Å². The molecular formula is C20H20N8O4S3. The fourth-order valence-corrected chi connectivity index (χ4v) is 5.47. The predicted octanol–water partition coefficient (Wildman–Crippen LogP) is 1.94. The molecule has 0 fully saturated rings. The molecule has 3 heterocycles. The molecule has 4 rings (SSSR count). The summed E-state index contributed by atoms with van der Waals surface area (Å²) in [6, 6.07) is 8.55. The summed E-state index contributed by atoms with van der Waals surface area (Å²) in [7, 11) is 1.56. The number of amides is 1. The van der Waals surface area contributed by atoms with Crippen LogP contribution < -0.4 is 21.3 Å². The first-order chi connectivity index (χ1) is 16.9. The van der Waals surface area contributed by atoms with Gasteiger partial charge in [-0.25, -0.2) is 4.79 Å². The lowest BCUT2D eigenvalue weighted by Gasteiger charge is -2.11. The summed E-state index contributed by atoms with van der Waals surface area (Å²) in [5.41, 5.74) is -0.0468. The maximum absolute atomic E-state index is 12.5. The molecule has 3 N–H and O–H groups in total.